The van der Waals surface area contributed by atoms with Gasteiger partial charge in [-0.1, -0.05) is 62.6 Å². The third-order valence-corrected chi connectivity index (χ3v) is 7.83. The smallest absolute Gasteiger partial charge is 0.333 e. The van der Waals surface area contributed by atoms with Gasteiger partial charge in [0.25, 0.3) is 5.91 Å². The fourth-order valence-electron chi connectivity index (χ4n) is 5.04. The van der Waals surface area contributed by atoms with E-state index in [1.54, 1.807) is 33.1 Å². The normalized spacial score (nSPS) is 31.9. The van der Waals surface area contributed by atoms with E-state index in [9.17, 15) is 19.5 Å². The zero-order valence-electron chi connectivity index (χ0n) is 26.8. The molecule has 0 aromatic rings. The molecule has 5 unspecified atom stereocenters. The number of amides is 1. The van der Waals surface area contributed by atoms with Crippen LogP contribution in [0.3, 0.4) is 0 Å². The van der Waals surface area contributed by atoms with Crippen molar-refractivity contribution >= 4 is 17.8 Å². The van der Waals surface area contributed by atoms with E-state index in [0.29, 0.717) is 37.0 Å². The van der Waals surface area contributed by atoms with Crippen molar-refractivity contribution < 1.29 is 33.7 Å². The summed E-state index contributed by atoms with van der Waals surface area (Å²) >= 11 is 0. The maximum atomic E-state index is 13.2. The molecule has 0 aromatic heterocycles. The van der Waals surface area contributed by atoms with Gasteiger partial charge >= 0.3 is 11.9 Å². The first-order valence-corrected chi connectivity index (χ1v) is 15.4. The van der Waals surface area contributed by atoms with E-state index in [2.05, 4.69) is 11.9 Å². The number of methoxy groups -OCH3 is 1. The summed E-state index contributed by atoms with van der Waals surface area (Å²) in [7, 11) is 1.72. The van der Waals surface area contributed by atoms with Crippen LogP contribution in [0.4, 0.5) is 0 Å². The number of hydrogen-bond donors (Lipinski definition) is 2. The Balaban J connectivity index is 2.54. The largest absolute Gasteiger partial charge is 0.457 e. The maximum absolute atomic E-state index is 13.2. The van der Waals surface area contributed by atoms with Crippen LogP contribution >= 0.6 is 0 Å². The Morgan fingerprint density at radius 2 is 1.81 bits per heavy atom. The number of carbonyl (C=O) groups is 3. The van der Waals surface area contributed by atoms with Gasteiger partial charge < -0.3 is 24.6 Å². The first-order valence-electron chi connectivity index (χ1n) is 15.4. The minimum absolute atomic E-state index is 0.0249. The van der Waals surface area contributed by atoms with E-state index in [-0.39, 0.29) is 12.5 Å². The van der Waals surface area contributed by atoms with Crippen LogP contribution in [-0.4, -0.2) is 54.5 Å². The van der Waals surface area contributed by atoms with Gasteiger partial charge in [0.1, 0.15) is 18.3 Å². The fraction of sp³-hybridized carbons (Fsp3) is 0.571. The highest BCUT2D eigenvalue weighted by Crippen LogP contribution is 2.23. The van der Waals surface area contributed by atoms with Gasteiger partial charge in [0.05, 0.1) is 12.5 Å². The topological polar surface area (TPSA) is 111 Å². The predicted molar refractivity (Wildman–Crippen MR) is 169 cm³/mol. The molecule has 0 radical (unpaired) electrons. The number of nitrogens with one attached hydrogen (secondary N) is 1. The Morgan fingerprint density at radius 1 is 1.07 bits per heavy atom. The van der Waals surface area contributed by atoms with Crippen LogP contribution < -0.4 is 5.32 Å². The molecule has 2 rings (SSSR count). The van der Waals surface area contributed by atoms with Crippen molar-refractivity contribution in [1.82, 2.24) is 5.32 Å². The molecule has 1 amide bonds. The molecule has 0 saturated carbocycles. The van der Waals surface area contributed by atoms with Crippen LogP contribution in [0.25, 0.3) is 0 Å². The fourth-order valence-corrected chi connectivity index (χ4v) is 5.04. The number of fused-ring (bicyclic) bond motifs is 3. The molecule has 2 heterocycles. The van der Waals surface area contributed by atoms with Crippen LogP contribution in [0.1, 0.15) is 92.4 Å². The molecule has 0 spiro atoms. The summed E-state index contributed by atoms with van der Waals surface area (Å²) in [4.78, 5) is 39.2. The monoisotopic (exact) mass is 597 g/mol. The number of cyclic esters (lactones) is 1. The third-order valence-electron chi connectivity index (χ3n) is 7.83. The first kappa shape index (κ1) is 36.0. The van der Waals surface area contributed by atoms with E-state index in [0.717, 1.165) is 42.4 Å². The summed E-state index contributed by atoms with van der Waals surface area (Å²) in [6.45, 7) is 13.6. The van der Waals surface area contributed by atoms with Crippen LogP contribution in [0.5, 0.6) is 0 Å². The zero-order valence-corrected chi connectivity index (χ0v) is 26.8. The molecule has 238 valence electrons. The van der Waals surface area contributed by atoms with Crippen molar-refractivity contribution in [2.75, 3.05) is 7.11 Å². The molecule has 8 heteroatoms. The number of ether oxygens (including phenoxy) is 3. The lowest BCUT2D eigenvalue weighted by atomic mass is 9.96. The lowest BCUT2D eigenvalue weighted by molar-refractivity contribution is -0.152. The summed E-state index contributed by atoms with van der Waals surface area (Å²) in [5.41, 5.74) is 4.09. The minimum atomic E-state index is -1.47. The van der Waals surface area contributed by atoms with Gasteiger partial charge in [-0.15, -0.1) is 0 Å². The molecule has 0 aromatic carbocycles. The summed E-state index contributed by atoms with van der Waals surface area (Å²) in [6, 6.07) is 0. The number of carbonyl (C=O) groups excluding carboxylic acids is 3. The minimum Gasteiger partial charge on any atom is -0.457 e. The maximum Gasteiger partial charge on any atom is 0.333 e. The van der Waals surface area contributed by atoms with Crippen molar-refractivity contribution in [1.29, 1.82) is 0 Å². The first-order chi connectivity index (χ1) is 20.4. The van der Waals surface area contributed by atoms with Crippen LogP contribution in [0, 0.1) is 5.92 Å². The Bertz CT molecular complexity index is 1140. The summed E-state index contributed by atoms with van der Waals surface area (Å²) < 4.78 is 17.3. The standard InChI is InChI=1S/C35H51NO7/c1-8-9-15-31-27(6)34(39)35(40)36-28-13-11-10-12-14-29(41-7)21-26(5)25(4)17-16-23(2)18-30(42-33(38)22-28)19-24(3)20-32(37)43-31/h9,15-17,19,22,27,29-31,34,39H,5,8,10-14,18,20-21H2,1-4,6-7H3,(H,36,40)/b15-9-,23-16+,24-19-,25-17?,28-22+. The second-order valence-electron chi connectivity index (χ2n) is 11.8. The highest BCUT2D eigenvalue weighted by Gasteiger charge is 2.31. The molecule has 0 fully saturated rings. The third kappa shape index (κ3) is 12.9. The van der Waals surface area contributed by atoms with Gasteiger partial charge in [-0.25, -0.2) is 4.79 Å². The molecule has 2 bridgehead atoms. The van der Waals surface area contributed by atoms with Gasteiger partial charge in [-0.3, -0.25) is 9.59 Å². The number of rotatable bonds is 3. The Kier molecular flexibility index (Phi) is 15.4. The van der Waals surface area contributed by atoms with Gasteiger partial charge in [-0.05, 0) is 76.2 Å². The van der Waals surface area contributed by atoms with E-state index < -0.39 is 42.1 Å². The van der Waals surface area contributed by atoms with Gasteiger partial charge in [0.15, 0.2) is 0 Å². The summed E-state index contributed by atoms with van der Waals surface area (Å²) in [5, 5.41) is 13.7. The lowest BCUT2D eigenvalue weighted by Crippen LogP contribution is -2.43. The Labute approximate surface area is 257 Å². The predicted octanol–water partition coefficient (Wildman–Crippen LogP) is 6.33. The molecule has 2 aliphatic heterocycles. The van der Waals surface area contributed by atoms with Crippen molar-refractivity contribution in [2.24, 2.45) is 5.92 Å². The number of aliphatic hydroxyl groups is 1. The van der Waals surface area contributed by atoms with Gasteiger partial charge in [0.2, 0.25) is 0 Å². The Morgan fingerprint density at radius 3 is 2.51 bits per heavy atom. The molecule has 5 atom stereocenters. The van der Waals surface area contributed by atoms with Crippen LogP contribution in [0.2, 0.25) is 0 Å². The average Bonchev–Trinajstić information content (AvgIpc) is 2.94. The summed E-state index contributed by atoms with van der Waals surface area (Å²) in [6.07, 6.45) is 13.3. The number of allylic oxidation sites excluding steroid dienone is 5. The molecule has 2 N–H and O–H groups in total. The second kappa shape index (κ2) is 18.4. The lowest BCUT2D eigenvalue weighted by Gasteiger charge is -2.25. The molecule has 0 aliphatic carbocycles. The van der Waals surface area contributed by atoms with E-state index in [4.69, 9.17) is 14.2 Å². The van der Waals surface area contributed by atoms with E-state index in [1.807, 2.05) is 39.0 Å². The van der Waals surface area contributed by atoms with Gasteiger partial charge in [0, 0.05) is 31.2 Å². The van der Waals surface area contributed by atoms with E-state index in [1.165, 1.54) is 6.08 Å². The van der Waals surface area contributed by atoms with E-state index >= 15 is 0 Å². The zero-order chi connectivity index (χ0) is 31.9. The summed E-state index contributed by atoms with van der Waals surface area (Å²) in [5.74, 6) is -2.50. The SMILES string of the molecule is C=C1CC(OC)CCCCC/C2=C\C(=O)OC(/C=C(/C)CC(=O)OC(/C=C\CC)C(C)C(O)C(=O)N2)C/C(C)=C/C=C1C. The van der Waals surface area contributed by atoms with Crippen molar-refractivity contribution in [3.63, 3.8) is 0 Å². The quantitative estimate of drug-likeness (QED) is 0.289. The Hall–Kier alpha value is -3.23. The molecule has 0 saturated heterocycles. The molecular formula is C35H51NO7. The second-order valence-corrected chi connectivity index (χ2v) is 11.8. The number of hydrogen-bond acceptors (Lipinski definition) is 7. The molecule has 8 nitrogen and oxygen atoms in total. The highest BCUT2D eigenvalue weighted by atomic mass is 16.5. The van der Waals surface area contributed by atoms with Crippen molar-refractivity contribution in [3.8, 4) is 0 Å². The number of esters is 2. The van der Waals surface area contributed by atoms with Gasteiger partial charge in [-0.2, -0.15) is 0 Å². The highest BCUT2D eigenvalue weighted by molar-refractivity contribution is 5.87. The van der Waals surface area contributed by atoms with Crippen molar-refractivity contribution in [3.05, 3.63) is 71.0 Å². The molecule has 2 aliphatic rings. The van der Waals surface area contributed by atoms with Crippen LogP contribution in [-0.2, 0) is 28.6 Å². The average molecular weight is 598 g/mol. The molecule has 43 heavy (non-hydrogen) atoms. The van der Waals surface area contributed by atoms with Crippen LogP contribution in [0.15, 0.2) is 71.0 Å². The van der Waals surface area contributed by atoms with Crippen molar-refractivity contribution in [2.45, 2.75) is 117 Å². The molecular weight excluding hydrogens is 546 g/mol. The number of aliphatic hydroxyl groups excluding tert-OH is 1.